The van der Waals surface area contributed by atoms with Crippen molar-refractivity contribution in [1.82, 2.24) is 9.80 Å². The Balaban J connectivity index is 1.69. The Bertz CT molecular complexity index is 977. The lowest BCUT2D eigenvalue weighted by atomic mass is 9.99. The summed E-state index contributed by atoms with van der Waals surface area (Å²) in [6.07, 6.45) is 0.336. The number of nitro benzene ring substituents is 1. The first-order valence-corrected chi connectivity index (χ1v) is 10.1. The standard InChI is InChI=1S/C21H21ClFN3O5/c22-18-13-16(26(30)31)5-6-17(18)21(29)25-11-9-24(10-12-25)19(7-8-20(27)28)14-1-3-15(23)4-2-14/h1-6,13,19H,7-12H2,(H,27,28)/t19-/m0/s1. The van der Waals surface area contributed by atoms with Gasteiger partial charge in [0.25, 0.3) is 11.6 Å². The highest BCUT2D eigenvalue weighted by molar-refractivity contribution is 6.34. The Morgan fingerprint density at radius 1 is 1.13 bits per heavy atom. The van der Waals surface area contributed by atoms with Crippen LogP contribution in [0, 0.1) is 15.9 Å². The SMILES string of the molecule is O=C(O)CC[C@@H](c1ccc(F)cc1)N1CCN(C(=O)c2ccc([N+](=O)[O-])cc2Cl)CC1. The molecule has 0 aliphatic carbocycles. The van der Waals surface area contributed by atoms with Crippen molar-refractivity contribution in [2.24, 2.45) is 0 Å². The van der Waals surface area contributed by atoms with E-state index in [0.29, 0.717) is 32.6 Å². The highest BCUT2D eigenvalue weighted by Gasteiger charge is 2.29. The van der Waals surface area contributed by atoms with E-state index in [0.717, 1.165) is 11.6 Å². The molecule has 1 amide bonds. The molecule has 1 fully saturated rings. The zero-order valence-corrected chi connectivity index (χ0v) is 17.3. The number of carboxylic acids is 1. The summed E-state index contributed by atoms with van der Waals surface area (Å²) in [4.78, 5) is 37.9. The number of aliphatic carboxylic acids is 1. The number of non-ortho nitro benzene ring substituents is 1. The van der Waals surface area contributed by atoms with Crippen LogP contribution in [0.2, 0.25) is 5.02 Å². The third kappa shape index (κ3) is 5.56. The number of hydrogen-bond donors (Lipinski definition) is 1. The highest BCUT2D eigenvalue weighted by atomic mass is 35.5. The molecule has 1 heterocycles. The lowest BCUT2D eigenvalue weighted by Gasteiger charge is -2.39. The van der Waals surface area contributed by atoms with Crippen molar-refractivity contribution in [3.8, 4) is 0 Å². The fraction of sp³-hybridized carbons (Fsp3) is 0.333. The largest absolute Gasteiger partial charge is 0.481 e. The van der Waals surface area contributed by atoms with Gasteiger partial charge in [-0.25, -0.2) is 4.39 Å². The van der Waals surface area contributed by atoms with E-state index in [1.54, 1.807) is 17.0 Å². The first-order chi connectivity index (χ1) is 14.8. The van der Waals surface area contributed by atoms with Gasteiger partial charge in [-0.1, -0.05) is 23.7 Å². The van der Waals surface area contributed by atoms with E-state index in [1.807, 2.05) is 0 Å². The molecule has 3 rings (SSSR count). The number of carbonyl (C=O) groups is 2. The molecule has 8 nitrogen and oxygen atoms in total. The van der Waals surface area contributed by atoms with Gasteiger partial charge in [0.05, 0.1) is 15.5 Å². The minimum atomic E-state index is -0.909. The van der Waals surface area contributed by atoms with Gasteiger partial charge in [0, 0.05) is 50.8 Å². The van der Waals surface area contributed by atoms with E-state index < -0.39 is 10.9 Å². The monoisotopic (exact) mass is 449 g/mol. The summed E-state index contributed by atoms with van der Waals surface area (Å²) in [5.74, 6) is -1.59. The van der Waals surface area contributed by atoms with Gasteiger partial charge < -0.3 is 10.0 Å². The Kier molecular flexibility index (Phi) is 7.19. The summed E-state index contributed by atoms with van der Waals surface area (Å²) < 4.78 is 13.3. The average Bonchev–Trinajstić information content (AvgIpc) is 2.74. The molecule has 0 unspecified atom stereocenters. The molecular weight excluding hydrogens is 429 g/mol. The summed E-state index contributed by atoms with van der Waals surface area (Å²) in [5, 5.41) is 20.0. The first-order valence-electron chi connectivity index (χ1n) is 9.71. The van der Waals surface area contributed by atoms with Crippen molar-refractivity contribution in [2.75, 3.05) is 26.2 Å². The number of rotatable bonds is 7. The molecule has 0 spiro atoms. The van der Waals surface area contributed by atoms with Crippen molar-refractivity contribution in [1.29, 1.82) is 0 Å². The molecule has 1 saturated heterocycles. The van der Waals surface area contributed by atoms with E-state index in [-0.39, 0.29) is 40.5 Å². The number of nitrogens with zero attached hydrogens (tertiary/aromatic N) is 3. The van der Waals surface area contributed by atoms with E-state index in [4.69, 9.17) is 16.7 Å². The molecule has 2 aromatic rings. The maximum atomic E-state index is 13.3. The fourth-order valence-corrected chi connectivity index (χ4v) is 3.96. The minimum Gasteiger partial charge on any atom is -0.481 e. The third-order valence-corrected chi connectivity index (χ3v) is 5.64. The molecule has 1 N–H and O–H groups in total. The lowest BCUT2D eigenvalue weighted by molar-refractivity contribution is -0.384. The van der Waals surface area contributed by atoms with Crippen molar-refractivity contribution in [3.63, 3.8) is 0 Å². The molecule has 10 heteroatoms. The molecule has 31 heavy (non-hydrogen) atoms. The van der Waals surface area contributed by atoms with Gasteiger partial charge in [-0.05, 0) is 30.2 Å². The van der Waals surface area contributed by atoms with Crippen molar-refractivity contribution >= 4 is 29.2 Å². The number of halogens is 2. The van der Waals surface area contributed by atoms with Crippen LogP contribution >= 0.6 is 11.6 Å². The molecule has 0 bridgehead atoms. The molecule has 1 aliphatic rings. The molecule has 0 aromatic heterocycles. The molecule has 0 saturated carbocycles. The maximum absolute atomic E-state index is 13.3. The van der Waals surface area contributed by atoms with Crippen LogP contribution < -0.4 is 0 Å². The van der Waals surface area contributed by atoms with Crippen LogP contribution in [-0.4, -0.2) is 57.9 Å². The third-order valence-electron chi connectivity index (χ3n) is 5.32. The number of piperazine rings is 1. The number of carbonyl (C=O) groups excluding carboxylic acids is 1. The fourth-order valence-electron chi connectivity index (χ4n) is 3.70. The molecule has 164 valence electrons. The summed E-state index contributed by atoms with van der Waals surface area (Å²) in [6.45, 7) is 1.77. The predicted octanol–water partition coefficient (Wildman–Crippen LogP) is 3.75. The van der Waals surface area contributed by atoms with Crippen LogP contribution in [0.5, 0.6) is 0 Å². The second kappa shape index (κ2) is 9.84. The van der Waals surface area contributed by atoms with Gasteiger partial charge in [0.1, 0.15) is 5.82 Å². The van der Waals surface area contributed by atoms with Crippen molar-refractivity contribution in [3.05, 3.63) is 74.5 Å². The normalized spacial score (nSPS) is 15.5. The zero-order valence-electron chi connectivity index (χ0n) is 16.5. The molecule has 2 aromatic carbocycles. The average molecular weight is 450 g/mol. The van der Waals surface area contributed by atoms with Crippen LogP contribution in [0.4, 0.5) is 10.1 Å². The van der Waals surface area contributed by atoms with Crippen molar-refractivity contribution in [2.45, 2.75) is 18.9 Å². The second-order valence-corrected chi connectivity index (χ2v) is 7.66. The Morgan fingerprint density at radius 3 is 2.32 bits per heavy atom. The predicted molar refractivity (Wildman–Crippen MR) is 112 cm³/mol. The Labute approximate surface area is 183 Å². The number of amides is 1. The van der Waals surface area contributed by atoms with E-state index in [1.165, 1.54) is 24.3 Å². The van der Waals surface area contributed by atoms with Gasteiger partial charge in [-0.3, -0.25) is 24.6 Å². The zero-order chi connectivity index (χ0) is 22.5. The minimum absolute atomic E-state index is 0.0206. The Morgan fingerprint density at radius 2 is 1.77 bits per heavy atom. The van der Waals surface area contributed by atoms with Crippen LogP contribution in [0.15, 0.2) is 42.5 Å². The lowest BCUT2D eigenvalue weighted by Crippen LogP contribution is -2.49. The quantitative estimate of drug-likeness (QED) is 0.510. The molecule has 1 aliphatic heterocycles. The van der Waals surface area contributed by atoms with Crippen LogP contribution in [0.25, 0.3) is 0 Å². The number of benzene rings is 2. The number of carboxylic acid groups (broad SMARTS) is 1. The summed E-state index contributed by atoms with van der Waals surface area (Å²) in [5.41, 5.74) is 0.828. The van der Waals surface area contributed by atoms with Gasteiger partial charge in [-0.2, -0.15) is 0 Å². The Hall–Kier alpha value is -3.04. The summed E-state index contributed by atoms with van der Waals surface area (Å²) in [6, 6.07) is 9.53. The van der Waals surface area contributed by atoms with Gasteiger partial charge in [0.15, 0.2) is 0 Å². The van der Waals surface area contributed by atoms with Gasteiger partial charge in [0.2, 0.25) is 0 Å². The maximum Gasteiger partial charge on any atom is 0.303 e. The van der Waals surface area contributed by atoms with Crippen molar-refractivity contribution < 1.29 is 24.0 Å². The van der Waals surface area contributed by atoms with Crippen LogP contribution in [0.3, 0.4) is 0 Å². The molecular formula is C21H21ClFN3O5. The second-order valence-electron chi connectivity index (χ2n) is 7.25. The van der Waals surface area contributed by atoms with E-state index in [9.17, 15) is 24.1 Å². The van der Waals surface area contributed by atoms with Gasteiger partial charge in [-0.15, -0.1) is 0 Å². The molecule has 0 radical (unpaired) electrons. The smallest absolute Gasteiger partial charge is 0.303 e. The first kappa shape index (κ1) is 22.6. The topological polar surface area (TPSA) is 104 Å². The number of hydrogen-bond acceptors (Lipinski definition) is 5. The highest BCUT2D eigenvalue weighted by Crippen LogP contribution is 2.29. The summed E-state index contributed by atoms with van der Waals surface area (Å²) in [7, 11) is 0. The van der Waals surface area contributed by atoms with E-state index >= 15 is 0 Å². The number of nitro groups is 1. The van der Waals surface area contributed by atoms with Crippen LogP contribution in [0.1, 0.15) is 34.8 Å². The summed E-state index contributed by atoms with van der Waals surface area (Å²) >= 11 is 6.08. The van der Waals surface area contributed by atoms with Crippen LogP contribution in [-0.2, 0) is 4.79 Å². The van der Waals surface area contributed by atoms with Gasteiger partial charge >= 0.3 is 5.97 Å². The molecule has 1 atom stereocenters. The van der Waals surface area contributed by atoms with E-state index in [2.05, 4.69) is 4.90 Å².